The topological polar surface area (TPSA) is 70.0 Å². The highest BCUT2D eigenvalue weighted by Crippen LogP contribution is 2.55. The van der Waals surface area contributed by atoms with Gasteiger partial charge in [0.15, 0.2) is 11.6 Å². The number of halogens is 14. The van der Waals surface area contributed by atoms with Crippen LogP contribution >= 0.6 is 15.9 Å². The minimum Gasteiger partial charge on any atom is -0.319 e. The number of nitrogens with zero attached hydrogens (tertiary/aromatic N) is 1. The van der Waals surface area contributed by atoms with Crippen LogP contribution in [0.3, 0.4) is 0 Å². The molecule has 3 aromatic rings. The summed E-state index contributed by atoms with van der Waals surface area (Å²) in [5.74, 6) is -10.4. The van der Waals surface area contributed by atoms with E-state index in [4.69, 9.17) is 5.26 Å². The molecule has 0 atom stereocenters. The summed E-state index contributed by atoms with van der Waals surface area (Å²) in [6.45, 7) is 0. The lowest BCUT2D eigenvalue weighted by molar-refractivity contribution is -0.348. The average molecular weight is 723 g/mol. The van der Waals surface area contributed by atoms with Crippen LogP contribution in [0.25, 0.3) is 0 Å². The van der Waals surface area contributed by atoms with E-state index < -0.39 is 92.5 Å². The first-order chi connectivity index (χ1) is 20.5. The van der Waals surface area contributed by atoms with Gasteiger partial charge in [-0.15, -0.1) is 0 Å². The largest absolute Gasteiger partial charge is 0.458 e. The molecule has 3 aromatic carbocycles. The van der Waals surface area contributed by atoms with Crippen LogP contribution in [0.15, 0.2) is 59.1 Å². The Bertz CT molecular complexity index is 1660. The Labute approximate surface area is 251 Å². The third-order valence-corrected chi connectivity index (χ3v) is 6.94. The Morgan fingerprint density at radius 1 is 0.800 bits per heavy atom. The number of carbonyl (C=O) groups is 2. The van der Waals surface area contributed by atoms with E-state index in [1.54, 1.807) is 6.07 Å². The van der Waals surface area contributed by atoms with Crippen LogP contribution in [-0.2, 0) is 18.0 Å². The van der Waals surface area contributed by atoms with E-state index in [2.05, 4.69) is 21.2 Å². The maximum Gasteiger partial charge on any atom is 0.458 e. The zero-order chi connectivity index (χ0) is 34.3. The fourth-order valence-electron chi connectivity index (χ4n) is 3.93. The molecule has 0 aliphatic heterocycles. The minimum absolute atomic E-state index is 0.102. The molecular weight excluding hydrogens is 711 g/mol. The molecule has 1 N–H and O–H groups in total. The number of alkyl halides is 12. The molecule has 0 bridgehead atoms. The predicted octanol–water partition coefficient (Wildman–Crippen LogP) is 9.08. The number of hydrogen-bond acceptors (Lipinski definition) is 3. The molecule has 1 amide bonds. The summed E-state index contributed by atoms with van der Waals surface area (Å²) < 4.78 is 177. The molecule has 0 unspecified atom stereocenters. The second kappa shape index (κ2) is 12.0. The number of carbonyl (C=O) groups excluding carboxylic acids is 2. The first-order valence-corrected chi connectivity index (χ1v) is 12.5. The van der Waals surface area contributed by atoms with Gasteiger partial charge in [0.1, 0.15) is 0 Å². The first-order valence-electron chi connectivity index (χ1n) is 11.7. The maximum absolute atomic E-state index is 15.2. The number of benzene rings is 3. The van der Waals surface area contributed by atoms with Crippen LogP contribution in [-0.4, -0.2) is 30.2 Å². The van der Waals surface area contributed by atoms with Gasteiger partial charge in [-0.2, -0.15) is 53.6 Å². The maximum atomic E-state index is 15.2. The van der Waals surface area contributed by atoms with Crippen molar-refractivity contribution in [3.63, 3.8) is 0 Å². The molecule has 0 heterocycles. The zero-order valence-electron chi connectivity index (χ0n) is 21.5. The van der Waals surface area contributed by atoms with E-state index in [9.17, 15) is 62.3 Å². The Morgan fingerprint density at radius 2 is 1.36 bits per heavy atom. The standard InChI is InChI=1S/C27H12BrF13N2O2/c28-18-9-14(23(30,25(33,34)35)26(36,37)38)8-17(24(31,32)27(39,40)41)16(18)10-20(44)15-2-1-3-19(21(15)29)43-22(45)13-6-4-12(11-42)5-7-13/h1-9H,10H2,(H,43,45). The summed E-state index contributed by atoms with van der Waals surface area (Å²) in [4.78, 5) is 25.4. The third kappa shape index (κ3) is 6.63. The molecule has 0 aliphatic carbocycles. The van der Waals surface area contributed by atoms with E-state index >= 15 is 4.39 Å². The number of Topliss-reactive ketones (excluding diaryl/α,β-unsaturated/α-hetero) is 1. The normalized spacial score (nSPS) is 12.9. The van der Waals surface area contributed by atoms with Crippen LogP contribution in [0.2, 0.25) is 0 Å². The van der Waals surface area contributed by atoms with Gasteiger partial charge in [-0.3, -0.25) is 9.59 Å². The van der Waals surface area contributed by atoms with Crippen LogP contribution in [0.5, 0.6) is 0 Å². The summed E-state index contributed by atoms with van der Waals surface area (Å²) in [5.41, 5.74) is -15.0. The highest BCUT2D eigenvalue weighted by atomic mass is 79.9. The van der Waals surface area contributed by atoms with Gasteiger partial charge in [0, 0.05) is 27.6 Å². The van der Waals surface area contributed by atoms with Crippen molar-refractivity contribution in [3.8, 4) is 6.07 Å². The number of hydrogen-bond donors (Lipinski definition) is 1. The van der Waals surface area contributed by atoms with E-state index in [1.807, 2.05) is 0 Å². The Morgan fingerprint density at radius 3 is 1.84 bits per heavy atom. The molecule has 0 radical (unpaired) electrons. The molecular formula is C27H12BrF13N2O2. The van der Waals surface area contributed by atoms with Crippen molar-refractivity contribution in [2.45, 2.75) is 36.5 Å². The highest BCUT2D eigenvalue weighted by molar-refractivity contribution is 9.10. The second-order valence-corrected chi connectivity index (χ2v) is 9.98. The van der Waals surface area contributed by atoms with E-state index in [0.717, 1.165) is 12.1 Å². The van der Waals surface area contributed by atoms with Crippen molar-refractivity contribution in [1.82, 2.24) is 0 Å². The van der Waals surface area contributed by atoms with Gasteiger partial charge in [0.05, 0.1) is 22.9 Å². The second-order valence-electron chi connectivity index (χ2n) is 9.12. The molecule has 45 heavy (non-hydrogen) atoms. The van der Waals surface area contributed by atoms with Gasteiger partial charge in [0.25, 0.3) is 5.91 Å². The Hall–Kier alpha value is -4.14. The van der Waals surface area contributed by atoms with E-state index in [-0.39, 0.29) is 17.2 Å². The summed E-state index contributed by atoms with van der Waals surface area (Å²) in [6.07, 6.45) is -22.1. The summed E-state index contributed by atoms with van der Waals surface area (Å²) in [5, 5.41) is 10.9. The number of nitrogens with one attached hydrogen (secondary N) is 1. The SMILES string of the molecule is N#Cc1ccc(C(=O)Nc2cccc(C(=O)Cc3c(Br)cc(C(F)(C(F)(F)F)C(F)(F)F)cc3C(F)(F)C(F)(F)F)c2F)cc1. The molecule has 0 spiro atoms. The molecule has 0 fully saturated rings. The van der Waals surface area contributed by atoms with Gasteiger partial charge >= 0.3 is 30.1 Å². The number of anilines is 1. The van der Waals surface area contributed by atoms with Crippen molar-refractivity contribution in [3.05, 3.63) is 98.3 Å². The van der Waals surface area contributed by atoms with Gasteiger partial charge in [-0.25, -0.2) is 8.78 Å². The van der Waals surface area contributed by atoms with Crippen molar-refractivity contribution in [1.29, 1.82) is 5.26 Å². The summed E-state index contributed by atoms with van der Waals surface area (Å²) >= 11 is 2.26. The van der Waals surface area contributed by atoms with E-state index in [1.165, 1.54) is 24.3 Å². The molecule has 4 nitrogen and oxygen atoms in total. The average Bonchev–Trinajstić information content (AvgIpc) is 2.92. The van der Waals surface area contributed by atoms with Gasteiger partial charge in [-0.1, -0.05) is 22.0 Å². The quantitative estimate of drug-likeness (QED) is 0.196. The predicted molar refractivity (Wildman–Crippen MR) is 133 cm³/mol. The fraction of sp³-hybridized carbons (Fsp3) is 0.222. The van der Waals surface area contributed by atoms with Gasteiger partial charge in [0.2, 0.25) is 0 Å². The molecule has 18 heteroatoms. The monoisotopic (exact) mass is 722 g/mol. The zero-order valence-corrected chi connectivity index (χ0v) is 23.0. The fourth-order valence-corrected chi connectivity index (χ4v) is 4.53. The summed E-state index contributed by atoms with van der Waals surface area (Å²) in [7, 11) is 0. The Kier molecular flexibility index (Phi) is 9.41. The third-order valence-electron chi connectivity index (χ3n) is 6.23. The lowest BCUT2D eigenvalue weighted by atomic mass is 9.87. The first kappa shape index (κ1) is 35.3. The lowest BCUT2D eigenvalue weighted by Gasteiger charge is -2.32. The minimum atomic E-state index is -6.89. The van der Waals surface area contributed by atoms with Crippen molar-refractivity contribution >= 4 is 33.3 Å². The van der Waals surface area contributed by atoms with Crippen molar-refractivity contribution in [2.75, 3.05) is 5.32 Å². The molecule has 0 aliphatic rings. The van der Waals surface area contributed by atoms with Crippen molar-refractivity contribution in [2.24, 2.45) is 0 Å². The van der Waals surface area contributed by atoms with Crippen LogP contribution in [0.4, 0.5) is 62.8 Å². The number of ketones is 1. The Balaban J connectivity index is 2.12. The van der Waals surface area contributed by atoms with Crippen molar-refractivity contribution < 1.29 is 66.7 Å². The van der Waals surface area contributed by atoms with Crippen LogP contribution in [0.1, 0.15) is 43.0 Å². The number of amides is 1. The number of nitriles is 1. The molecule has 0 saturated carbocycles. The molecule has 0 aromatic heterocycles. The summed E-state index contributed by atoms with van der Waals surface area (Å²) in [6, 6.07) is 7.77. The van der Waals surface area contributed by atoms with Gasteiger partial charge in [-0.05, 0) is 54.1 Å². The highest BCUT2D eigenvalue weighted by Gasteiger charge is 2.74. The van der Waals surface area contributed by atoms with Gasteiger partial charge < -0.3 is 5.32 Å². The lowest BCUT2D eigenvalue weighted by Crippen LogP contribution is -2.50. The smallest absolute Gasteiger partial charge is 0.319 e. The molecule has 0 saturated heterocycles. The van der Waals surface area contributed by atoms with Crippen LogP contribution < -0.4 is 5.32 Å². The van der Waals surface area contributed by atoms with Crippen LogP contribution in [0, 0.1) is 17.1 Å². The molecule has 240 valence electrons. The van der Waals surface area contributed by atoms with E-state index in [0.29, 0.717) is 6.07 Å². The molecule has 3 rings (SSSR count). The number of rotatable bonds is 7.